The molecule has 3 heteroatoms. The van der Waals surface area contributed by atoms with E-state index in [2.05, 4.69) is 48.6 Å². The molecule has 1 amide bonds. The van der Waals surface area contributed by atoms with Crippen LogP contribution in [0.4, 0.5) is 0 Å². The Hall–Kier alpha value is -2.55. The van der Waals surface area contributed by atoms with E-state index in [0.717, 1.165) is 35.8 Å². The lowest BCUT2D eigenvalue weighted by atomic mass is 10.1. The van der Waals surface area contributed by atoms with E-state index in [4.69, 9.17) is 4.42 Å². The molecule has 122 valence electrons. The van der Waals surface area contributed by atoms with Crippen LogP contribution in [0.2, 0.25) is 0 Å². The molecule has 2 aromatic carbocycles. The van der Waals surface area contributed by atoms with Crippen LogP contribution in [-0.4, -0.2) is 5.91 Å². The zero-order valence-corrected chi connectivity index (χ0v) is 13.8. The monoisotopic (exact) mass is 319 g/mol. The predicted molar refractivity (Wildman–Crippen MR) is 94.9 cm³/mol. The second-order valence-electron chi connectivity index (χ2n) is 6.48. The number of carbonyl (C=O) groups excluding carboxylic acids is 1. The average Bonchev–Trinajstić information content (AvgIpc) is 3.19. The van der Waals surface area contributed by atoms with Crippen LogP contribution in [0.3, 0.4) is 0 Å². The third-order valence-corrected chi connectivity index (χ3v) is 4.95. The van der Waals surface area contributed by atoms with E-state index in [1.165, 1.54) is 16.7 Å². The molecule has 0 aliphatic heterocycles. The van der Waals surface area contributed by atoms with Crippen molar-refractivity contribution in [2.75, 3.05) is 0 Å². The highest BCUT2D eigenvalue weighted by molar-refractivity contribution is 5.88. The van der Waals surface area contributed by atoms with Gasteiger partial charge in [0.2, 0.25) is 5.91 Å². The Labute approximate surface area is 141 Å². The number of benzene rings is 2. The number of hydrogen-bond acceptors (Lipinski definition) is 2. The van der Waals surface area contributed by atoms with Crippen LogP contribution in [-0.2, 0) is 24.1 Å². The van der Waals surface area contributed by atoms with E-state index >= 15 is 0 Å². The summed E-state index contributed by atoms with van der Waals surface area (Å²) in [6, 6.07) is 14.7. The molecular formula is C21H21NO2. The smallest absolute Gasteiger partial charge is 0.225 e. The highest BCUT2D eigenvalue weighted by Gasteiger charge is 2.23. The van der Waals surface area contributed by atoms with Crippen molar-refractivity contribution < 1.29 is 9.21 Å². The zero-order valence-electron chi connectivity index (χ0n) is 13.8. The van der Waals surface area contributed by atoms with Crippen molar-refractivity contribution in [1.82, 2.24) is 5.32 Å². The summed E-state index contributed by atoms with van der Waals surface area (Å²) in [6.45, 7) is 2.12. The normalized spacial score (nSPS) is 16.3. The SMILES string of the molecule is CCc1ccc2c(CC(=O)NC3CCc4ccccc43)coc2c1. The summed E-state index contributed by atoms with van der Waals surface area (Å²) in [6.07, 6.45) is 5.07. The number of nitrogens with one attached hydrogen (secondary N) is 1. The van der Waals surface area contributed by atoms with Crippen LogP contribution >= 0.6 is 0 Å². The molecular weight excluding hydrogens is 298 g/mol. The average molecular weight is 319 g/mol. The summed E-state index contributed by atoms with van der Waals surface area (Å²) in [5.41, 5.74) is 5.68. The summed E-state index contributed by atoms with van der Waals surface area (Å²) in [4.78, 5) is 12.5. The fraction of sp³-hybridized carbons (Fsp3) is 0.286. The molecule has 1 atom stereocenters. The molecule has 1 aliphatic carbocycles. The van der Waals surface area contributed by atoms with Crippen molar-refractivity contribution in [3.63, 3.8) is 0 Å². The molecule has 4 rings (SSSR count). The van der Waals surface area contributed by atoms with Crippen molar-refractivity contribution in [2.24, 2.45) is 0 Å². The molecule has 1 aliphatic rings. The molecule has 1 aromatic heterocycles. The molecule has 0 radical (unpaired) electrons. The Morgan fingerprint density at radius 3 is 3.00 bits per heavy atom. The van der Waals surface area contributed by atoms with E-state index < -0.39 is 0 Å². The van der Waals surface area contributed by atoms with Gasteiger partial charge in [0.25, 0.3) is 0 Å². The molecule has 0 fully saturated rings. The fourth-order valence-electron chi connectivity index (χ4n) is 3.61. The molecule has 24 heavy (non-hydrogen) atoms. The van der Waals surface area contributed by atoms with Gasteiger partial charge < -0.3 is 9.73 Å². The summed E-state index contributed by atoms with van der Waals surface area (Å²) in [5.74, 6) is 0.0546. The van der Waals surface area contributed by atoms with Crippen LogP contribution in [0.15, 0.2) is 53.1 Å². The number of furan rings is 1. The first-order chi connectivity index (χ1) is 11.7. The van der Waals surface area contributed by atoms with Crippen LogP contribution in [0.25, 0.3) is 11.0 Å². The van der Waals surface area contributed by atoms with Crippen molar-refractivity contribution in [2.45, 2.75) is 38.6 Å². The summed E-state index contributed by atoms with van der Waals surface area (Å²) >= 11 is 0. The van der Waals surface area contributed by atoms with Gasteiger partial charge in [0.15, 0.2) is 0 Å². The number of rotatable bonds is 4. The molecule has 1 N–H and O–H groups in total. The van der Waals surface area contributed by atoms with Gasteiger partial charge in [-0.1, -0.05) is 43.3 Å². The van der Waals surface area contributed by atoms with E-state index in [0.29, 0.717) is 6.42 Å². The van der Waals surface area contributed by atoms with Crippen LogP contribution < -0.4 is 5.32 Å². The summed E-state index contributed by atoms with van der Waals surface area (Å²) in [7, 11) is 0. The minimum atomic E-state index is 0.0546. The van der Waals surface area contributed by atoms with Gasteiger partial charge in [0.05, 0.1) is 18.7 Å². The molecule has 3 nitrogen and oxygen atoms in total. The van der Waals surface area contributed by atoms with E-state index in [-0.39, 0.29) is 11.9 Å². The second-order valence-corrected chi connectivity index (χ2v) is 6.48. The Bertz CT molecular complexity index is 894. The maximum absolute atomic E-state index is 12.5. The van der Waals surface area contributed by atoms with Gasteiger partial charge in [-0.25, -0.2) is 0 Å². The van der Waals surface area contributed by atoms with Gasteiger partial charge >= 0.3 is 0 Å². The standard InChI is InChI=1S/C21H21NO2/c1-2-14-7-9-18-16(13-24-20(18)11-14)12-21(23)22-19-10-8-15-5-3-4-6-17(15)19/h3-7,9,11,13,19H,2,8,10,12H2,1H3,(H,22,23). The van der Waals surface area contributed by atoms with Crippen LogP contribution in [0.1, 0.15) is 41.6 Å². The molecule has 1 unspecified atom stereocenters. The lowest BCUT2D eigenvalue weighted by Gasteiger charge is -2.13. The first-order valence-electron chi connectivity index (χ1n) is 8.60. The van der Waals surface area contributed by atoms with Crippen LogP contribution in [0.5, 0.6) is 0 Å². The maximum atomic E-state index is 12.5. The van der Waals surface area contributed by atoms with E-state index in [1.54, 1.807) is 6.26 Å². The molecule has 3 aromatic rings. The lowest BCUT2D eigenvalue weighted by molar-refractivity contribution is -0.121. The molecule has 0 bridgehead atoms. The molecule has 1 heterocycles. The van der Waals surface area contributed by atoms with Crippen LogP contribution in [0, 0.1) is 0 Å². The highest BCUT2D eigenvalue weighted by Crippen LogP contribution is 2.31. The fourth-order valence-corrected chi connectivity index (χ4v) is 3.61. The Balaban J connectivity index is 1.49. The number of amides is 1. The predicted octanol–water partition coefficient (Wildman–Crippen LogP) is 4.34. The topological polar surface area (TPSA) is 42.2 Å². The lowest BCUT2D eigenvalue weighted by Crippen LogP contribution is -2.28. The summed E-state index contributed by atoms with van der Waals surface area (Å²) < 4.78 is 5.64. The first-order valence-corrected chi connectivity index (χ1v) is 8.60. The zero-order chi connectivity index (χ0) is 16.5. The largest absolute Gasteiger partial charge is 0.464 e. The summed E-state index contributed by atoms with van der Waals surface area (Å²) in [5, 5.41) is 4.22. The van der Waals surface area contributed by atoms with Gasteiger partial charge in [-0.3, -0.25) is 4.79 Å². The highest BCUT2D eigenvalue weighted by atomic mass is 16.3. The quantitative estimate of drug-likeness (QED) is 0.777. The van der Waals surface area contributed by atoms with Gasteiger partial charge in [-0.15, -0.1) is 0 Å². The Morgan fingerprint density at radius 2 is 2.12 bits per heavy atom. The van der Waals surface area contributed by atoms with Crippen molar-refractivity contribution >= 4 is 16.9 Å². The number of aryl methyl sites for hydroxylation is 2. The number of fused-ring (bicyclic) bond motifs is 2. The second kappa shape index (κ2) is 6.16. The first kappa shape index (κ1) is 15.0. The third kappa shape index (κ3) is 2.71. The van der Waals surface area contributed by atoms with Gasteiger partial charge in [-0.2, -0.15) is 0 Å². The maximum Gasteiger partial charge on any atom is 0.225 e. The molecule has 0 spiro atoms. The minimum absolute atomic E-state index is 0.0546. The Morgan fingerprint density at radius 1 is 1.25 bits per heavy atom. The van der Waals surface area contributed by atoms with Crippen molar-refractivity contribution in [1.29, 1.82) is 0 Å². The molecule has 0 saturated carbocycles. The number of carbonyl (C=O) groups is 1. The van der Waals surface area contributed by atoms with Gasteiger partial charge in [-0.05, 0) is 42.0 Å². The van der Waals surface area contributed by atoms with Crippen molar-refractivity contribution in [3.8, 4) is 0 Å². The van der Waals surface area contributed by atoms with E-state index in [9.17, 15) is 4.79 Å². The molecule has 0 saturated heterocycles. The third-order valence-electron chi connectivity index (χ3n) is 4.95. The van der Waals surface area contributed by atoms with E-state index in [1.807, 2.05) is 6.07 Å². The van der Waals surface area contributed by atoms with Gasteiger partial charge in [0, 0.05) is 10.9 Å². The Kier molecular flexibility index (Phi) is 3.85. The van der Waals surface area contributed by atoms with Gasteiger partial charge in [0.1, 0.15) is 5.58 Å². The minimum Gasteiger partial charge on any atom is -0.464 e. The number of hydrogen-bond donors (Lipinski definition) is 1. The van der Waals surface area contributed by atoms with Crippen molar-refractivity contribution in [3.05, 3.63) is 71.0 Å².